The summed E-state index contributed by atoms with van der Waals surface area (Å²) in [6, 6.07) is -0.930. The van der Waals surface area contributed by atoms with E-state index in [1.54, 1.807) is 0 Å². The maximum absolute atomic E-state index is 11.6. The van der Waals surface area contributed by atoms with Crippen molar-refractivity contribution in [3.8, 4) is 0 Å². The van der Waals surface area contributed by atoms with Gasteiger partial charge in [-0.05, 0) is 24.7 Å². The molecule has 0 aliphatic rings. The third-order valence-electron chi connectivity index (χ3n) is 2.28. The zero-order valence-corrected chi connectivity index (χ0v) is 10.7. The second-order valence-electron chi connectivity index (χ2n) is 5.12. The van der Waals surface area contributed by atoms with E-state index in [0.29, 0.717) is 24.7 Å². The van der Waals surface area contributed by atoms with E-state index in [0.717, 1.165) is 6.29 Å². The van der Waals surface area contributed by atoms with Crippen LogP contribution in [0.15, 0.2) is 0 Å². The van der Waals surface area contributed by atoms with Gasteiger partial charge in [-0.15, -0.1) is 0 Å². The van der Waals surface area contributed by atoms with Crippen LogP contribution in [0.5, 0.6) is 0 Å². The van der Waals surface area contributed by atoms with Crippen molar-refractivity contribution in [3.05, 3.63) is 0 Å². The Morgan fingerprint density at radius 1 is 1.19 bits per heavy atom. The molecule has 0 spiro atoms. The molecule has 2 atom stereocenters. The number of carbonyl (C=O) groups is 2. The van der Waals surface area contributed by atoms with E-state index in [2.05, 4.69) is 5.32 Å². The molecule has 0 aromatic heterocycles. The monoisotopic (exact) mass is 228 g/mol. The maximum atomic E-state index is 11.6. The van der Waals surface area contributed by atoms with E-state index < -0.39 is 12.1 Å². The van der Waals surface area contributed by atoms with Crippen LogP contribution in [-0.4, -0.2) is 24.3 Å². The zero-order chi connectivity index (χ0) is 12.7. The highest BCUT2D eigenvalue weighted by molar-refractivity contribution is 5.84. The Morgan fingerprint density at radius 2 is 1.69 bits per heavy atom. The van der Waals surface area contributed by atoms with Gasteiger partial charge in [0.2, 0.25) is 5.91 Å². The quantitative estimate of drug-likeness (QED) is 0.641. The molecule has 0 aliphatic heterocycles. The van der Waals surface area contributed by atoms with Crippen LogP contribution in [0.2, 0.25) is 0 Å². The summed E-state index contributed by atoms with van der Waals surface area (Å²) >= 11 is 0. The van der Waals surface area contributed by atoms with Crippen molar-refractivity contribution in [2.24, 2.45) is 17.6 Å². The van der Waals surface area contributed by atoms with Gasteiger partial charge < -0.3 is 15.8 Å². The van der Waals surface area contributed by atoms with Crippen molar-refractivity contribution < 1.29 is 9.59 Å². The standard InChI is InChI=1S/C12H24N2O2/c1-8(2)5-10(7-15)14-12(16)11(13)6-9(3)4/h7-11H,5-6,13H2,1-4H3,(H,14,16)/t10-,11-/m1/s1. The lowest BCUT2D eigenvalue weighted by Crippen LogP contribution is -2.46. The van der Waals surface area contributed by atoms with E-state index >= 15 is 0 Å². The molecule has 1 amide bonds. The Morgan fingerprint density at radius 3 is 2.06 bits per heavy atom. The van der Waals surface area contributed by atoms with Gasteiger partial charge in [0.05, 0.1) is 12.1 Å². The number of amides is 1. The fourth-order valence-electron chi connectivity index (χ4n) is 1.56. The summed E-state index contributed by atoms with van der Waals surface area (Å²) in [5.74, 6) is 0.517. The highest BCUT2D eigenvalue weighted by atomic mass is 16.2. The Labute approximate surface area is 98.0 Å². The number of carbonyl (C=O) groups excluding carboxylic acids is 2. The van der Waals surface area contributed by atoms with Gasteiger partial charge in [-0.2, -0.15) is 0 Å². The highest BCUT2D eigenvalue weighted by Crippen LogP contribution is 2.05. The molecule has 16 heavy (non-hydrogen) atoms. The minimum atomic E-state index is -0.519. The number of hydrogen-bond donors (Lipinski definition) is 2. The normalized spacial score (nSPS) is 14.9. The van der Waals surface area contributed by atoms with Crippen molar-refractivity contribution in [3.63, 3.8) is 0 Å². The van der Waals surface area contributed by atoms with Crippen LogP contribution in [0, 0.1) is 11.8 Å². The summed E-state index contributed by atoms with van der Waals surface area (Å²) in [7, 11) is 0. The van der Waals surface area contributed by atoms with Crippen molar-refractivity contribution in [2.75, 3.05) is 0 Å². The van der Waals surface area contributed by atoms with Crippen LogP contribution >= 0.6 is 0 Å². The summed E-state index contributed by atoms with van der Waals surface area (Å²) in [6.07, 6.45) is 2.07. The SMILES string of the molecule is CC(C)C[C@@H](N)C(=O)N[C@@H](C=O)CC(C)C. The second-order valence-corrected chi connectivity index (χ2v) is 5.12. The first kappa shape index (κ1) is 15.1. The molecule has 3 N–H and O–H groups in total. The van der Waals surface area contributed by atoms with E-state index in [1.807, 2.05) is 27.7 Å². The topological polar surface area (TPSA) is 72.2 Å². The van der Waals surface area contributed by atoms with Crippen LogP contribution in [0.25, 0.3) is 0 Å². The van der Waals surface area contributed by atoms with Crippen molar-refractivity contribution >= 4 is 12.2 Å². The molecule has 0 aromatic rings. The molecule has 0 unspecified atom stereocenters. The van der Waals surface area contributed by atoms with Gasteiger partial charge >= 0.3 is 0 Å². The highest BCUT2D eigenvalue weighted by Gasteiger charge is 2.19. The molecule has 0 fully saturated rings. The molecule has 0 bridgehead atoms. The lowest BCUT2D eigenvalue weighted by Gasteiger charge is -2.19. The van der Waals surface area contributed by atoms with Crippen molar-refractivity contribution in [2.45, 2.75) is 52.6 Å². The lowest BCUT2D eigenvalue weighted by molar-refractivity contribution is -0.125. The fraction of sp³-hybridized carbons (Fsp3) is 0.833. The van der Waals surface area contributed by atoms with Gasteiger partial charge in [0.15, 0.2) is 0 Å². The van der Waals surface area contributed by atoms with Crippen LogP contribution in [0.1, 0.15) is 40.5 Å². The average Bonchev–Trinajstić information content (AvgIpc) is 2.14. The number of aldehydes is 1. The molecular formula is C12H24N2O2. The van der Waals surface area contributed by atoms with Crippen LogP contribution in [-0.2, 0) is 9.59 Å². The maximum Gasteiger partial charge on any atom is 0.237 e. The summed E-state index contributed by atoms with van der Waals surface area (Å²) in [5, 5.41) is 2.67. The Balaban J connectivity index is 4.13. The Hall–Kier alpha value is -0.900. The molecule has 0 rings (SSSR count). The second kappa shape index (κ2) is 7.39. The molecule has 4 heteroatoms. The van der Waals surface area contributed by atoms with E-state index in [9.17, 15) is 9.59 Å². The number of nitrogens with one attached hydrogen (secondary N) is 1. The van der Waals surface area contributed by atoms with Crippen LogP contribution < -0.4 is 11.1 Å². The molecule has 0 aliphatic carbocycles. The molecule has 0 saturated heterocycles. The van der Waals surface area contributed by atoms with Crippen molar-refractivity contribution in [1.29, 1.82) is 0 Å². The predicted octanol–water partition coefficient (Wildman–Crippen LogP) is 1.09. The largest absolute Gasteiger partial charge is 0.345 e. The van der Waals surface area contributed by atoms with E-state index in [1.165, 1.54) is 0 Å². The minimum absolute atomic E-state index is 0.230. The van der Waals surface area contributed by atoms with E-state index in [4.69, 9.17) is 5.73 Å². The zero-order valence-electron chi connectivity index (χ0n) is 10.7. The molecule has 0 aromatic carbocycles. The summed E-state index contributed by atoms with van der Waals surface area (Å²) < 4.78 is 0. The number of hydrogen-bond acceptors (Lipinski definition) is 3. The van der Waals surface area contributed by atoms with Gasteiger partial charge in [0.1, 0.15) is 6.29 Å². The molecule has 4 nitrogen and oxygen atoms in total. The van der Waals surface area contributed by atoms with E-state index in [-0.39, 0.29) is 5.91 Å². The number of nitrogens with two attached hydrogens (primary N) is 1. The van der Waals surface area contributed by atoms with Crippen molar-refractivity contribution in [1.82, 2.24) is 5.32 Å². The summed E-state index contributed by atoms with van der Waals surface area (Å²) in [5.41, 5.74) is 5.72. The average molecular weight is 228 g/mol. The third kappa shape index (κ3) is 6.56. The smallest absolute Gasteiger partial charge is 0.237 e. The molecule has 94 valence electrons. The Bertz CT molecular complexity index is 227. The summed E-state index contributed by atoms with van der Waals surface area (Å²) in [4.78, 5) is 22.4. The first-order valence-electron chi connectivity index (χ1n) is 5.88. The van der Waals surface area contributed by atoms with Gasteiger partial charge in [0.25, 0.3) is 0 Å². The van der Waals surface area contributed by atoms with Crippen LogP contribution in [0.3, 0.4) is 0 Å². The van der Waals surface area contributed by atoms with Gasteiger partial charge in [0, 0.05) is 0 Å². The molecular weight excluding hydrogens is 204 g/mol. The molecule has 0 heterocycles. The van der Waals surface area contributed by atoms with Gasteiger partial charge in [-0.3, -0.25) is 4.79 Å². The lowest BCUT2D eigenvalue weighted by atomic mass is 10.0. The minimum Gasteiger partial charge on any atom is -0.345 e. The number of rotatable bonds is 7. The first-order valence-corrected chi connectivity index (χ1v) is 5.88. The molecule has 0 saturated carbocycles. The van der Waals surface area contributed by atoms with Gasteiger partial charge in [-0.25, -0.2) is 0 Å². The molecule has 0 radical (unpaired) electrons. The first-order chi connectivity index (χ1) is 7.36. The predicted molar refractivity (Wildman–Crippen MR) is 64.9 cm³/mol. The summed E-state index contributed by atoms with van der Waals surface area (Å²) in [6.45, 7) is 8.05. The van der Waals surface area contributed by atoms with Crippen LogP contribution in [0.4, 0.5) is 0 Å². The third-order valence-corrected chi connectivity index (χ3v) is 2.28. The fourth-order valence-corrected chi connectivity index (χ4v) is 1.56. The Kier molecular flexibility index (Phi) is 6.97. The van der Waals surface area contributed by atoms with Gasteiger partial charge in [-0.1, -0.05) is 27.7 Å².